The maximum Gasteiger partial charge on any atom is 0.251 e. The van der Waals surface area contributed by atoms with Gasteiger partial charge < -0.3 is 15.5 Å². The molecule has 0 bridgehead atoms. The molecule has 5 rings (SSSR count). The lowest BCUT2D eigenvalue weighted by atomic mass is 9.74. The Kier molecular flexibility index (Phi) is 5.51. The van der Waals surface area contributed by atoms with Crippen LogP contribution in [-0.2, 0) is 0 Å². The number of hydrogen-bond donors (Lipinski definition) is 2. The number of nitrogens with one attached hydrogen (secondary N) is 2. The van der Waals surface area contributed by atoms with Crippen LogP contribution in [0.3, 0.4) is 0 Å². The first-order valence-electron chi connectivity index (χ1n) is 11.8. The predicted molar refractivity (Wildman–Crippen MR) is 122 cm³/mol. The molecule has 3 atom stereocenters. The Hall–Kier alpha value is -2.33. The second kappa shape index (κ2) is 8.43. The van der Waals surface area contributed by atoms with Crippen molar-refractivity contribution in [2.24, 2.45) is 5.92 Å². The Morgan fingerprint density at radius 1 is 1.07 bits per heavy atom. The first kappa shape index (κ1) is 19.6. The van der Waals surface area contributed by atoms with Gasteiger partial charge in [-0.25, -0.2) is 0 Å². The second-order valence-corrected chi connectivity index (χ2v) is 9.11. The third-order valence-corrected chi connectivity index (χ3v) is 7.35. The van der Waals surface area contributed by atoms with Crippen LogP contribution in [-0.4, -0.2) is 25.0 Å². The molecule has 158 valence electrons. The Balaban J connectivity index is 1.51. The monoisotopic (exact) mass is 403 g/mol. The van der Waals surface area contributed by atoms with Gasteiger partial charge in [0.1, 0.15) is 0 Å². The number of benzene rings is 2. The average Bonchev–Trinajstić information content (AvgIpc) is 3.31. The smallest absolute Gasteiger partial charge is 0.251 e. The molecule has 4 heteroatoms. The number of carbonyl (C=O) groups is 1. The first-order valence-corrected chi connectivity index (χ1v) is 11.8. The van der Waals surface area contributed by atoms with E-state index in [1.807, 2.05) is 6.07 Å². The Bertz CT molecular complexity index is 890. The number of amides is 1. The summed E-state index contributed by atoms with van der Waals surface area (Å²) in [5.41, 5.74) is 4.78. The second-order valence-electron chi connectivity index (χ2n) is 9.11. The van der Waals surface area contributed by atoms with Crippen LogP contribution in [0, 0.1) is 5.92 Å². The molecule has 2 aromatic carbocycles. The zero-order valence-electron chi connectivity index (χ0n) is 17.9. The molecule has 0 spiro atoms. The molecule has 0 aromatic heterocycles. The normalized spacial score (nSPS) is 26.2. The van der Waals surface area contributed by atoms with Gasteiger partial charge in [-0.3, -0.25) is 4.79 Å². The quantitative estimate of drug-likeness (QED) is 0.757. The van der Waals surface area contributed by atoms with E-state index >= 15 is 0 Å². The first-order chi connectivity index (χ1) is 14.8. The van der Waals surface area contributed by atoms with Crippen molar-refractivity contribution in [2.45, 2.75) is 63.6 Å². The van der Waals surface area contributed by atoms with Gasteiger partial charge in [-0.05, 0) is 68.5 Å². The molecule has 30 heavy (non-hydrogen) atoms. The fourth-order valence-corrected chi connectivity index (χ4v) is 5.96. The summed E-state index contributed by atoms with van der Waals surface area (Å²) < 4.78 is 0. The van der Waals surface area contributed by atoms with E-state index in [1.54, 1.807) is 0 Å². The van der Waals surface area contributed by atoms with E-state index in [-0.39, 0.29) is 5.91 Å². The largest absolute Gasteiger partial charge is 0.364 e. The number of anilines is 1. The fraction of sp³-hybridized carbons (Fsp3) is 0.500. The summed E-state index contributed by atoms with van der Waals surface area (Å²) in [4.78, 5) is 15.5. The van der Waals surface area contributed by atoms with Gasteiger partial charge in [0.15, 0.2) is 0 Å². The number of nitrogens with zero attached hydrogens (tertiary/aromatic N) is 1. The summed E-state index contributed by atoms with van der Waals surface area (Å²) in [6.07, 6.45) is 7.12. The van der Waals surface area contributed by atoms with E-state index in [9.17, 15) is 4.79 Å². The number of rotatable bonds is 4. The van der Waals surface area contributed by atoms with E-state index in [2.05, 4.69) is 64.9 Å². The molecule has 1 aliphatic carbocycles. The molecule has 1 amide bonds. The molecule has 0 radical (unpaired) electrons. The van der Waals surface area contributed by atoms with Crippen LogP contribution in [0.5, 0.6) is 0 Å². The van der Waals surface area contributed by atoms with Crippen LogP contribution in [0.15, 0.2) is 48.5 Å². The van der Waals surface area contributed by atoms with Crippen molar-refractivity contribution >= 4 is 11.6 Å². The van der Waals surface area contributed by atoms with Crippen molar-refractivity contribution in [1.29, 1.82) is 0 Å². The molecule has 2 N–H and O–H groups in total. The molecular formula is C26H33N3O. The number of hydrogen-bond acceptors (Lipinski definition) is 3. The van der Waals surface area contributed by atoms with Crippen LogP contribution >= 0.6 is 0 Å². The molecule has 1 saturated carbocycles. The lowest BCUT2D eigenvalue weighted by Crippen LogP contribution is -2.47. The molecule has 2 heterocycles. The summed E-state index contributed by atoms with van der Waals surface area (Å²) >= 11 is 0. The van der Waals surface area contributed by atoms with Crippen molar-refractivity contribution in [3.63, 3.8) is 0 Å². The molecule has 4 nitrogen and oxygen atoms in total. The standard InChI is InChI=1S/C26H33N3O/c1-2-29-23-15-14-19(26(30)28-20-11-6-7-12-20)17-22(23)24-21(13-8-16-27-24)25(29)18-9-4-3-5-10-18/h3-5,9-10,14-15,17,20-21,24-25,27H,2,6-8,11-13,16H2,1H3,(H,28,30)/t21-,24+,25?/m1/s1. The lowest BCUT2D eigenvalue weighted by Gasteiger charge is -2.50. The minimum atomic E-state index is 0.0882. The minimum absolute atomic E-state index is 0.0882. The summed E-state index contributed by atoms with van der Waals surface area (Å²) in [5.74, 6) is 0.604. The molecule has 1 unspecified atom stereocenters. The molecule has 2 fully saturated rings. The maximum absolute atomic E-state index is 12.9. The SMILES string of the molecule is CCN1c2ccc(C(=O)NC3CCCC3)cc2[C@H]2NCCC[C@H]2C1c1ccccc1. The average molecular weight is 404 g/mol. The fourth-order valence-electron chi connectivity index (χ4n) is 5.96. The van der Waals surface area contributed by atoms with Crippen LogP contribution in [0.4, 0.5) is 5.69 Å². The van der Waals surface area contributed by atoms with Crippen molar-refractivity contribution in [3.05, 3.63) is 65.2 Å². The zero-order chi connectivity index (χ0) is 20.5. The third kappa shape index (κ3) is 3.51. The number of carbonyl (C=O) groups excluding carboxylic acids is 1. The van der Waals surface area contributed by atoms with Gasteiger partial charge in [-0.2, -0.15) is 0 Å². The van der Waals surface area contributed by atoms with Gasteiger partial charge in [-0.15, -0.1) is 0 Å². The Morgan fingerprint density at radius 2 is 1.87 bits per heavy atom. The highest BCUT2D eigenvalue weighted by atomic mass is 16.1. The summed E-state index contributed by atoms with van der Waals surface area (Å²) in [6.45, 7) is 4.26. The molecule has 3 aliphatic rings. The third-order valence-electron chi connectivity index (χ3n) is 7.35. The van der Waals surface area contributed by atoms with Gasteiger partial charge in [-0.1, -0.05) is 43.2 Å². The van der Waals surface area contributed by atoms with Crippen molar-refractivity contribution in [1.82, 2.24) is 10.6 Å². The zero-order valence-corrected chi connectivity index (χ0v) is 17.9. The molecule has 2 aliphatic heterocycles. The van der Waals surface area contributed by atoms with Gasteiger partial charge >= 0.3 is 0 Å². The van der Waals surface area contributed by atoms with Crippen molar-refractivity contribution < 1.29 is 4.79 Å². The van der Waals surface area contributed by atoms with Crippen LogP contribution in [0.2, 0.25) is 0 Å². The van der Waals surface area contributed by atoms with Crippen molar-refractivity contribution in [2.75, 3.05) is 18.0 Å². The Morgan fingerprint density at radius 3 is 2.63 bits per heavy atom. The van der Waals surface area contributed by atoms with Gasteiger partial charge in [0.05, 0.1) is 6.04 Å². The lowest BCUT2D eigenvalue weighted by molar-refractivity contribution is 0.0937. The van der Waals surface area contributed by atoms with E-state index < -0.39 is 0 Å². The number of fused-ring (bicyclic) bond motifs is 3. The summed E-state index contributed by atoms with van der Waals surface area (Å²) in [7, 11) is 0. The summed E-state index contributed by atoms with van der Waals surface area (Å²) in [5, 5.41) is 7.06. The van der Waals surface area contributed by atoms with Crippen LogP contribution < -0.4 is 15.5 Å². The molecule has 2 aromatic rings. The molecular weight excluding hydrogens is 370 g/mol. The highest BCUT2D eigenvalue weighted by molar-refractivity contribution is 5.95. The van der Waals surface area contributed by atoms with Gasteiger partial charge in [0, 0.05) is 35.8 Å². The van der Waals surface area contributed by atoms with Crippen LogP contribution in [0.25, 0.3) is 0 Å². The van der Waals surface area contributed by atoms with Gasteiger partial charge in [0.2, 0.25) is 0 Å². The molecule has 1 saturated heterocycles. The van der Waals surface area contributed by atoms with E-state index in [4.69, 9.17) is 0 Å². The minimum Gasteiger partial charge on any atom is -0.364 e. The van der Waals surface area contributed by atoms with Crippen LogP contribution in [0.1, 0.15) is 79.0 Å². The highest BCUT2D eigenvalue weighted by Crippen LogP contribution is 2.50. The predicted octanol–water partition coefficient (Wildman–Crippen LogP) is 4.98. The van der Waals surface area contributed by atoms with E-state index in [0.29, 0.717) is 24.0 Å². The van der Waals surface area contributed by atoms with Gasteiger partial charge in [0.25, 0.3) is 5.91 Å². The topological polar surface area (TPSA) is 44.4 Å². The number of piperidine rings is 1. The summed E-state index contributed by atoms with van der Waals surface area (Å²) in [6, 6.07) is 18.4. The van der Waals surface area contributed by atoms with E-state index in [0.717, 1.165) is 31.5 Å². The maximum atomic E-state index is 12.9. The van der Waals surface area contributed by atoms with Crippen molar-refractivity contribution in [3.8, 4) is 0 Å². The van der Waals surface area contributed by atoms with E-state index in [1.165, 1.54) is 42.5 Å². The Labute approximate surface area is 180 Å². The highest BCUT2D eigenvalue weighted by Gasteiger charge is 2.42.